The molecule has 2 aromatic heterocycles. The van der Waals surface area contributed by atoms with Crippen LogP contribution >= 0.6 is 0 Å². The van der Waals surface area contributed by atoms with Gasteiger partial charge in [-0.3, -0.25) is 9.59 Å². The second-order valence-electron chi connectivity index (χ2n) is 7.77. The molecule has 2 unspecified atom stereocenters. The van der Waals surface area contributed by atoms with Gasteiger partial charge >= 0.3 is 0 Å². The molecule has 0 bridgehead atoms. The van der Waals surface area contributed by atoms with Crippen molar-refractivity contribution in [2.24, 2.45) is 5.92 Å². The number of aromatic nitrogens is 3. The van der Waals surface area contributed by atoms with E-state index in [2.05, 4.69) is 31.5 Å². The van der Waals surface area contributed by atoms with Crippen molar-refractivity contribution in [3.8, 4) is 18.1 Å². The van der Waals surface area contributed by atoms with E-state index in [0.717, 1.165) is 16.6 Å². The summed E-state index contributed by atoms with van der Waals surface area (Å²) in [5.41, 5.74) is 1.95. The first-order valence-electron chi connectivity index (χ1n) is 10.1. The van der Waals surface area contributed by atoms with Crippen LogP contribution < -0.4 is 15.4 Å². The van der Waals surface area contributed by atoms with E-state index in [4.69, 9.17) is 11.2 Å². The number of rotatable bonds is 9. The SMILES string of the molecule is C#CC(Cc1cnc[nH]1)NC(=O)C(CC(C)C)NC(=O)c1cc2c(OC)cccc2[nH]1. The summed E-state index contributed by atoms with van der Waals surface area (Å²) in [6.45, 7) is 3.98. The minimum atomic E-state index is -0.724. The lowest BCUT2D eigenvalue weighted by molar-refractivity contribution is -0.123. The van der Waals surface area contributed by atoms with Crippen molar-refractivity contribution >= 4 is 22.7 Å². The third kappa shape index (κ3) is 5.45. The molecule has 2 atom stereocenters. The molecule has 0 saturated carbocycles. The number of aromatic amines is 2. The molecule has 8 heteroatoms. The number of carbonyl (C=O) groups is 2. The highest BCUT2D eigenvalue weighted by molar-refractivity contribution is 6.01. The average molecular weight is 422 g/mol. The molecule has 0 radical (unpaired) electrons. The number of amides is 2. The molecule has 0 aliphatic heterocycles. The molecule has 1 aromatic carbocycles. The van der Waals surface area contributed by atoms with E-state index in [1.165, 1.54) is 0 Å². The smallest absolute Gasteiger partial charge is 0.268 e. The lowest BCUT2D eigenvalue weighted by Crippen LogP contribution is -2.50. The van der Waals surface area contributed by atoms with Crippen molar-refractivity contribution in [3.63, 3.8) is 0 Å². The molecule has 2 heterocycles. The molecular weight excluding hydrogens is 394 g/mol. The predicted molar refractivity (Wildman–Crippen MR) is 119 cm³/mol. The van der Waals surface area contributed by atoms with Gasteiger partial charge in [-0.05, 0) is 30.5 Å². The molecule has 0 fully saturated rings. The zero-order valence-electron chi connectivity index (χ0n) is 17.9. The van der Waals surface area contributed by atoms with Crippen molar-refractivity contribution in [2.75, 3.05) is 7.11 Å². The van der Waals surface area contributed by atoms with Gasteiger partial charge in [0.15, 0.2) is 0 Å². The van der Waals surface area contributed by atoms with Crippen LogP contribution in [0.1, 0.15) is 36.5 Å². The van der Waals surface area contributed by atoms with E-state index in [-0.39, 0.29) is 17.7 Å². The van der Waals surface area contributed by atoms with Gasteiger partial charge in [-0.15, -0.1) is 6.42 Å². The van der Waals surface area contributed by atoms with Crippen LogP contribution in [0.5, 0.6) is 5.75 Å². The van der Waals surface area contributed by atoms with Gasteiger partial charge in [0.2, 0.25) is 5.91 Å². The molecular formula is C23H27N5O3. The molecule has 0 aliphatic carbocycles. The Kier molecular flexibility index (Phi) is 6.98. The first kappa shape index (κ1) is 22.0. The van der Waals surface area contributed by atoms with E-state index in [1.54, 1.807) is 25.7 Å². The van der Waals surface area contributed by atoms with Crippen LogP contribution in [0.3, 0.4) is 0 Å². The minimum Gasteiger partial charge on any atom is -0.496 e. The van der Waals surface area contributed by atoms with Gasteiger partial charge in [0.1, 0.15) is 17.5 Å². The molecule has 8 nitrogen and oxygen atoms in total. The largest absolute Gasteiger partial charge is 0.496 e. The zero-order chi connectivity index (χ0) is 22.4. The Morgan fingerprint density at radius 2 is 2.10 bits per heavy atom. The van der Waals surface area contributed by atoms with E-state index < -0.39 is 12.1 Å². The number of hydrogen-bond acceptors (Lipinski definition) is 4. The normalized spacial score (nSPS) is 12.9. The second kappa shape index (κ2) is 9.85. The Morgan fingerprint density at radius 1 is 1.29 bits per heavy atom. The van der Waals surface area contributed by atoms with Gasteiger partial charge in [0.25, 0.3) is 5.91 Å². The number of methoxy groups -OCH3 is 1. The number of fused-ring (bicyclic) bond motifs is 1. The predicted octanol–water partition coefficient (Wildman–Crippen LogP) is 2.40. The van der Waals surface area contributed by atoms with E-state index in [0.29, 0.717) is 24.3 Å². The number of nitrogens with one attached hydrogen (secondary N) is 4. The van der Waals surface area contributed by atoms with Gasteiger partial charge in [0.05, 0.1) is 19.5 Å². The van der Waals surface area contributed by atoms with Crippen LogP contribution in [0, 0.1) is 18.3 Å². The number of H-pyrrole nitrogens is 2. The van der Waals surface area contributed by atoms with Crippen molar-refractivity contribution in [1.82, 2.24) is 25.6 Å². The highest BCUT2D eigenvalue weighted by Crippen LogP contribution is 2.26. The van der Waals surface area contributed by atoms with Crippen molar-refractivity contribution in [2.45, 2.75) is 38.8 Å². The maximum absolute atomic E-state index is 12.9. The van der Waals surface area contributed by atoms with E-state index >= 15 is 0 Å². The van der Waals surface area contributed by atoms with Gasteiger partial charge in [-0.1, -0.05) is 25.8 Å². The zero-order valence-corrected chi connectivity index (χ0v) is 17.9. The fourth-order valence-electron chi connectivity index (χ4n) is 3.41. The van der Waals surface area contributed by atoms with Crippen LogP contribution in [0.4, 0.5) is 0 Å². The molecule has 162 valence electrons. The van der Waals surface area contributed by atoms with Crippen molar-refractivity contribution < 1.29 is 14.3 Å². The fraction of sp³-hybridized carbons (Fsp3) is 0.348. The third-order valence-corrected chi connectivity index (χ3v) is 4.91. The van der Waals surface area contributed by atoms with Gasteiger partial charge < -0.3 is 25.3 Å². The topological polar surface area (TPSA) is 112 Å². The fourth-order valence-corrected chi connectivity index (χ4v) is 3.41. The molecule has 2 amide bonds. The number of benzene rings is 1. The van der Waals surface area contributed by atoms with Crippen molar-refractivity contribution in [1.29, 1.82) is 0 Å². The Labute approximate surface area is 181 Å². The van der Waals surface area contributed by atoms with Crippen molar-refractivity contribution in [3.05, 3.63) is 48.2 Å². The summed E-state index contributed by atoms with van der Waals surface area (Å²) in [4.78, 5) is 35.9. The number of hydrogen-bond donors (Lipinski definition) is 4. The molecule has 3 aromatic rings. The number of carbonyl (C=O) groups excluding carboxylic acids is 2. The monoisotopic (exact) mass is 421 g/mol. The Balaban J connectivity index is 1.73. The quantitative estimate of drug-likeness (QED) is 0.398. The summed E-state index contributed by atoms with van der Waals surface area (Å²) in [5.74, 6) is 2.75. The van der Waals surface area contributed by atoms with Gasteiger partial charge in [-0.25, -0.2) is 4.98 Å². The van der Waals surface area contributed by atoms with Crippen LogP contribution in [0.25, 0.3) is 10.9 Å². The molecule has 3 rings (SSSR count). The summed E-state index contributed by atoms with van der Waals surface area (Å²) in [7, 11) is 1.58. The molecule has 0 saturated heterocycles. The first-order chi connectivity index (χ1) is 14.9. The Hall–Kier alpha value is -3.73. The summed E-state index contributed by atoms with van der Waals surface area (Å²) in [6.07, 6.45) is 9.71. The minimum absolute atomic E-state index is 0.191. The molecule has 31 heavy (non-hydrogen) atoms. The average Bonchev–Trinajstić information content (AvgIpc) is 3.41. The third-order valence-electron chi connectivity index (χ3n) is 4.91. The van der Waals surface area contributed by atoms with Crippen LogP contribution in [-0.4, -0.2) is 46.0 Å². The first-order valence-corrected chi connectivity index (χ1v) is 10.1. The molecule has 4 N–H and O–H groups in total. The highest BCUT2D eigenvalue weighted by Gasteiger charge is 2.25. The molecule has 0 spiro atoms. The van der Waals surface area contributed by atoms with E-state index in [9.17, 15) is 9.59 Å². The van der Waals surface area contributed by atoms with E-state index in [1.807, 2.05) is 32.0 Å². The van der Waals surface area contributed by atoms with Gasteiger partial charge in [0, 0.05) is 29.2 Å². The Bertz CT molecular complexity index is 1080. The summed E-state index contributed by atoms with van der Waals surface area (Å²) in [6, 6.07) is 6.01. The summed E-state index contributed by atoms with van der Waals surface area (Å²) < 4.78 is 5.35. The standard InChI is InChI=1S/C23H27N5O3/c1-5-15(10-16-12-24-13-25-16)26-22(29)19(9-14(2)3)28-23(30)20-11-17-18(27-20)7-6-8-21(17)31-4/h1,6-8,11-15,19,27H,9-10H2,2-4H3,(H,24,25)(H,26,29)(H,28,30). The maximum atomic E-state index is 12.9. The lowest BCUT2D eigenvalue weighted by Gasteiger charge is -2.22. The van der Waals surface area contributed by atoms with Crippen LogP contribution in [-0.2, 0) is 11.2 Å². The van der Waals surface area contributed by atoms with Gasteiger partial charge in [-0.2, -0.15) is 0 Å². The summed E-state index contributed by atoms with van der Waals surface area (Å²) in [5, 5.41) is 6.48. The molecule has 0 aliphatic rings. The highest BCUT2D eigenvalue weighted by atomic mass is 16.5. The number of nitrogens with zero attached hydrogens (tertiary/aromatic N) is 1. The number of imidazole rings is 1. The van der Waals surface area contributed by atoms with Crippen LogP contribution in [0.15, 0.2) is 36.8 Å². The second-order valence-corrected chi connectivity index (χ2v) is 7.77. The van der Waals surface area contributed by atoms with Crippen LogP contribution in [0.2, 0.25) is 0 Å². The maximum Gasteiger partial charge on any atom is 0.268 e. The summed E-state index contributed by atoms with van der Waals surface area (Å²) >= 11 is 0. The lowest BCUT2D eigenvalue weighted by atomic mass is 10.0. The number of terminal acetylenes is 1. The number of ether oxygens (including phenoxy) is 1. The Morgan fingerprint density at radius 3 is 2.74 bits per heavy atom.